The highest BCUT2D eigenvalue weighted by Crippen LogP contribution is 2.26. The topological polar surface area (TPSA) is 81.2 Å². The number of carbonyl (C=O) groups is 2. The number of primary amides is 1. The summed E-state index contributed by atoms with van der Waals surface area (Å²) in [4.78, 5) is 24.3. The minimum absolute atomic E-state index is 0.0654. The van der Waals surface area contributed by atoms with Crippen molar-refractivity contribution in [1.82, 2.24) is 14.7 Å². The second kappa shape index (κ2) is 4.97. The Morgan fingerprint density at radius 2 is 2.06 bits per heavy atom. The van der Waals surface area contributed by atoms with Gasteiger partial charge < -0.3 is 10.6 Å². The number of hydrogen-bond donors (Lipinski definition) is 1. The van der Waals surface area contributed by atoms with Gasteiger partial charge in [-0.3, -0.25) is 14.3 Å². The van der Waals surface area contributed by atoms with Gasteiger partial charge in [-0.1, -0.05) is 11.6 Å². The highest BCUT2D eigenvalue weighted by Gasteiger charge is 2.26. The van der Waals surface area contributed by atoms with Crippen LogP contribution in [0.2, 0.25) is 5.02 Å². The summed E-state index contributed by atoms with van der Waals surface area (Å²) in [6.45, 7) is 2.88. The van der Waals surface area contributed by atoms with Gasteiger partial charge in [0.25, 0.3) is 5.91 Å². The predicted octanol–water partition coefficient (Wildman–Crippen LogP) is 0.819. The van der Waals surface area contributed by atoms with Crippen molar-refractivity contribution < 1.29 is 9.59 Å². The van der Waals surface area contributed by atoms with Gasteiger partial charge in [-0.2, -0.15) is 5.10 Å². The van der Waals surface area contributed by atoms with E-state index in [0.717, 1.165) is 12.8 Å². The van der Waals surface area contributed by atoms with E-state index in [1.807, 2.05) is 0 Å². The van der Waals surface area contributed by atoms with Gasteiger partial charge in [0.15, 0.2) is 0 Å². The second-order valence-electron chi connectivity index (χ2n) is 4.39. The van der Waals surface area contributed by atoms with Gasteiger partial charge in [0, 0.05) is 20.0 Å². The maximum atomic E-state index is 11.3. The zero-order valence-corrected chi connectivity index (χ0v) is 10.9. The monoisotopic (exact) mass is 270 g/mol. The summed E-state index contributed by atoms with van der Waals surface area (Å²) in [7, 11) is 0. The van der Waals surface area contributed by atoms with E-state index in [1.54, 1.807) is 16.5 Å². The van der Waals surface area contributed by atoms with E-state index in [9.17, 15) is 9.59 Å². The van der Waals surface area contributed by atoms with Gasteiger partial charge in [-0.15, -0.1) is 0 Å². The molecule has 18 heavy (non-hydrogen) atoms. The highest BCUT2D eigenvalue weighted by atomic mass is 35.5. The summed E-state index contributed by atoms with van der Waals surface area (Å²) in [6.07, 6.45) is 2.93. The first-order valence-electron chi connectivity index (χ1n) is 5.79. The molecule has 1 fully saturated rings. The molecule has 2 heterocycles. The number of aromatic nitrogens is 2. The fraction of sp³-hybridized carbons (Fsp3) is 0.545. The number of amides is 2. The molecule has 1 aliphatic rings. The van der Waals surface area contributed by atoms with Crippen molar-refractivity contribution in [1.29, 1.82) is 0 Å². The summed E-state index contributed by atoms with van der Waals surface area (Å²) >= 11 is 5.89. The van der Waals surface area contributed by atoms with Crippen LogP contribution in [-0.2, 0) is 4.79 Å². The Hall–Kier alpha value is -1.56. The number of hydrogen-bond acceptors (Lipinski definition) is 3. The molecule has 2 N–H and O–H groups in total. The SMILES string of the molecule is CC(=O)N1CCC(n2ncc(Cl)c2C(N)=O)CC1. The molecule has 0 spiro atoms. The first-order chi connectivity index (χ1) is 8.50. The lowest BCUT2D eigenvalue weighted by Gasteiger charge is -2.31. The third kappa shape index (κ3) is 2.33. The van der Waals surface area contributed by atoms with Crippen molar-refractivity contribution in [3.05, 3.63) is 16.9 Å². The van der Waals surface area contributed by atoms with E-state index < -0.39 is 5.91 Å². The minimum atomic E-state index is -0.577. The zero-order chi connectivity index (χ0) is 13.3. The van der Waals surface area contributed by atoms with Gasteiger partial charge in [0.05, 0.1) is 17.3 Å². The van der Waals surface area contributed by atoms with Crippen LogP contribution in [-0.4, -0.2) is 39.6 Å². The smallest absolute Gasteiger partial charge is 0.268 e. The molecule has 0 bridgehead atoms. The molecule has 7 heteroatoms. The molecule has 0 saturated carbocycles. The molecule has 2 rings (SSSR count). The lowest BCUT2D eigenvalue weighted by atomic mass is 10.0. The maximum Gasteiger partial charge on any atom is 0.268 e. The average Bonchev–Trinajstić information content (AvgIpc) is 2.71. The van der Waals surface area contributed by atoms with Crippen LogP contribution < -0.4 is 5.73 Å². The molecule has 1 aromatic rings. The molecule has 0 aliphatic carbocycles. The highest BCUT2D eigenvalue weighted by molar-refractivity contribution is 6.33. The van der Waals surface area contributed by atoms with Gasteiger partial charge in [0.2, 0.25) is 5.91 Å². The predicted molar refractivity (Wildman–Crippen MR) is 66.3 cm³/mol. The Labute approximate surface area is 110 Å². The molecular weight excluding hydrogens is 256 g/mol. The molecule has 2 amide bonds. The summed E-state index contributed by atoms with van der Waals surface area (Å²) in [5.74, 6) is -0.506. The first kappa shape index (κ1) is 12.9. The van der Waals surface area contributed by atoms with E-state index in [-0.39, 0.29) is 22.7 Å². The van der Waals surface area contributed by atoms with E-state index in [1.165, 1.54) is 6.20 Å². The maximum absolute atomic E-state index is 11.3. The van der Waals surface area contributed by atoms with Crippen LogP contribution in [0.4, 0.5) is 0 Å². The minimum Gasteiger partial charge on any atom is -0.364 e. The van der Waals surface area contributed by atoms with Crippen molar-refractivity contribution in [3.63, 3.8) is 0 Å². The molecule has 6 nitrogen and oxygen atoms in total. The van der Waals surface area contributed by atoms with Crippen LogP contribution in [0.25, 0.3) is 0 Å². The van der Waals surface area contributed by atoms with E-state index in [2.05, 4.69) is 5.10 Å². The molecule has 1 aromatic heterocycles. The van der Waals surface area contributed by atoms with Gasteiger partial charge in [-0.25, -0.2) is 0 Å². The molecule has 0 radical (unpaired) electrons. The van der Waals surface area contributed by atoms with Gasteiger partial charge >= 0.3 is 0 Å². The van der Waals surface area contributed by atoms with E-state index >= 15 is 0 Å². The summed E-state index contributed by atoms with van der Waals surface area (Å²) < 4.78 is 1.59. The third-order valence-corrected chi connectivity index (χ3v) is 3.52. The number of nitrogens with two attached hydrogens (primary N) is 1. The lowest BCUT2D eigenvalue weighted by Crippen LogP contribution is -2.38. The molecule has 1 saturated heterocycles. The Bertz CT molecular complexity index is 477. The van der Waals surface area contributed by atoms with Crippen molar-refractivity contribution in [2.75, 3.05) is 13.1 Å². The number of halogens is 1. The van der Waals surface area contributed by atoms with Crippen LogP contribution in [0, 0.1) is 0 Å². The van der Waals surface area contributed by atoms with E-state index in [4.69, 9.17) is 17.3 Å². The first-order valence-corrected chi connectivity index (χ1v) is 6.17. The molecule has 0 aromatic carbocycles. The number of carbonyl (C=O) groups excluding carboxylic acids is 2. The number of rotatable bonds is 2. The van der Waals surface area contributed by atoms with Gasteiger partial charge in [-0.05, 0) is 12.8 Å². The zero-order valence-electron chi connectivity index (χ0n) is 10.1. The van der Waals surface area contributed by atoms with Crippen LogP contribution >= 0.6 is 11.6 Å². The molecule has 0 atom stereocenters. The van der Waals surface area contributed by atoms with Crippen molar-refractivity contribution >= 4 is 23.4 Å². The Morgan fingerprint density at radius 1 is 1.44 bits per heavy atom. The Kier molecular flexibility index (Phi) is 3.56. The van der Waals surface area contributed by atoms with Crippen molar-refractivity contribution in [3.8, 4) is 0 Å². The molecular formula is C11H15ClN4O2. The van der Waals surface area contributed by atoms with Crippen LogP contribution in [0.1, 0.15) is 36.3 Å². The lowest BCUT2D eigenvalue weighted by molar-refractivity contribution is -0.130. The Morgan fingerprint density at radius 3 is 2.56 bits per heavy atom. The number of piperidine rings is 1. The summed E-state index contributed by atoms with van der Waals surface area (Å²) in [6, 6.07) is 0.0654. The van der Waals surface area contributed by atoms with Crippen LogP contribution in [0.15, 0.2) is 6.20 Å². The molecule has 1 aliphatic heterocycles. The third-order valence-electron chi connectivity index (χ3n) is 3.24. The van der Waals surface area contributed by atoms with Crippen molar-refractivity contribution in [2.45, 2.75) is 25.8 Å². The fourth-order valence-electron chi connectivity index (χ4n) is 2.27. The Balaban J connectivity index is 2.15. The largest absolute Gasteiger partial charge is 0.364 e. The van der Waals surface area contributed by atoms with Crippen LogP contribution in [0.3, 0.4) is 0 Å². The number of nitrogens with zero attached hydrogens (tertiary/aromatic N) is 3. The summed E-state index contributed by atoms with van der Waals surface area (Å²) in [5.41, 5.74) is 5.54. The molecule has 98 valence electrons. The standard InChI is InChI=1S/C11H15ClN4O2/c1-7(17)15-4-2-8(3-5-15)16-10(11(13)18)9(12)6-14-16/h6,8H,2-5H2,1H3,(H2,13,18). The number of likely N-dealkylation sites (tertiary alicyclic amines) is 1. The quantitative estimate of drug-likeness (QED) is 0.864. The van der Waals surface area contributed by atoms with Crippen LogP contribution in [0.5, 0.6) is 0 Å². The molecule has 0 unspecified atom stereocenters. The van der Waals surface area contributed by atoms with E-state index in [0.29, 0.717) is 13.1 Å². The average molecular weight is 271 g/mol. The summed E-state index contributed by atoms with van der Waals surface area (Å²) in [5, 5.41) is 4.39. The fourth-order valence-corrected chi connectivity index (χ4v) is 2.50. The van der Waals surface area contributed by atoms with Gasteiger partial charge in [0.1, 0.15) is 5.69 Å². The van der Waals surface area contributed by atoms with Crippen molar-refractivity contribution in [2.24, 2.45) is 5.73 Å². The second-order valence-corrected chi connectivity index (χ2v) is 4.79. The normalized spacial score (nSPS) is 16.9.